The van der Waals surface area contributed by atoms with Gasteiger partial charge in [-0.25, -0.2) is 8.42 Å². The molecule has 0 bridgehead atoms. The Balaban J connectivity index is 1.74. The van der Waals surface area contributed by atoms with Gasteiger partial charge in [-0.05, 0) is 32.6 Å². The number of guanidine groups is 1. The molecule has 3 aliphatic rings. The van der Waals surface area contributed by atoms with Gasteiger partial charge < -0.3 is 15.3 Å². The summed E-state index contributed by atoms with van der Waals surface area (Å²) in [6.45, 7) is 4.51. The SMILES string of the molecule is CCNC(=NCC1CCCC1O)N1CCS(=O)(=O)C2(CCCCC2)C1. The minimum absolute atomic E-state index is 0.226. The van der Waals surface area contributed by atoms with Gasteiger partial charge in [-0.2, -0.15) is 0 Å². The Bertz CT molecular complexity index is 584. The second-order valence-electron chi connectivity index (χ2n) is 7.94. The minimum atomic E-state index is -3.03. The average Bonchev–Trinajstić information content (AvgIpc) is 3.00. The van der Waals surface area contributed by atoms with Crippen LogP contribution in [0.25, 0.3) is 0 Å². The number of rotatable bonds is 3. The van der Waals surface area contributed by atoms with Crippen molar-refractivity contribution in [1.29, 1.82) is 0 Å². The smallest absolute Gasteiger partial charge is 0.194 e. The predicted molar refractivity (Wildman–Crippen MR) is 101 cm³/mol. The van der Waals surface area contributed by atoms with Crippen LogP contribution in [0.4, 0.5) is 0 Å². The molecule has 2 N–H and O–H groups in total. The van der Waals surface area contributed by atoms with Crippen LogP contribution < -0.4 is 5.32 Å². The van der Waals surface area contributed by atoms with Crippen molar-refractivity contribution < 1.29 is 13.5 Å². The molecule has 7 heteroatoms. The first-order chi connectivity index (χ1) is 12.0. The van der Waals surface area contributed by atoms with Crippen LogP contribution in [-0.2, 0) is 9.84 Å². The zero-order chi connectivity index (χ0) is 17.9. The fourth-order valence-electron chi connectivity index (χ4n) is 4.68. The van der Waals surface area contributed by atoms with Crippen molar-refractivity contribution in [2.45, 2.75) is 69.1 Å². The molecule has 2 saturated carbocycles. The van der Waals surface area contributed by atoms with E-state index in [-0.39, 0.29) is 17.8 Å². The number of nitrogens with one attached hydrogen (secondary N) is 1. The molecule has 0 amide bonds. The highest BCUT2D eigenvalue weighted by atomic mass is 32.2. The molecular weight excluding hydrogens is 338 g/mol. The second kappa shape index (κ2) is 7.82. The number of aliphatic hydroxyl groups is 1. The summed E-state index contributed by atoms with van der Waals surface area (Å²) < 4.78 is 25.0. The maximum absolute atomic E-state index is 12.8. The summed E-state index contributed by atoms with van der Waals surface area (Å²) in [5, 5.41) is 13.4. The minimum Gasteiger partial charge on any atom is -0.393 e. The van der Waals surface area contributed by atoms with Crippen LogP contribution in [0, 0.1) is 5.92 Å². The van der Waals surface area contributed by atoms with Gasteiger partial charge >= 0.3 is 0 Å². The highest BCUT2D eigenvalue weighted by Gasteiger charge is 2.48. The summed E-state index contributed by atoms with van der Waals surface area (Å²) in [4.78, 5) is 6.92. The largest absolute Gasteiger partial charge is 0.393 e. The van der Waals surface area contributed by atoms with E-state index >= 15 is 0 Å². The molecule has 25 heavy (non-hydrogen) atoms. The Kier molecular flexibility index (Phi) is 5.93. The Hall–Kier alpha value is -0.820. The second-order valence-corrected chi connectivity index (χ2v) is 10.4. The summed E-state index contributed by atoms with van der Waals surface area (Å²) in [5.74, 6) is 1.29. The van der Waals surface area contributed by atoms with E-state index < -0.39 is 14.6 Å². The molecule has 1 spiro atoms. The zero-order valence-corrected chi connectivity index (χ0v) is 16.2. The van der Waals surface area contributed by atoms with Gasteiger partial charge in [0.15, 0.2) is 15.8 Å². The Morgan fingerprint density at radius 3 is 2.64 bits per heavy atom. The number of aliphatic hydroxyl groups excluding tert-OH is 1. The lowest BCUT2D eigenvalue weighted by atomic mass is 9.87. The van der Waals surface area contributed by atoms with Gasteiger partial charge in [0, 0.05) is 32.1 Å². The molecule has 144 valence electrons. The number of hydrogen-bond acceptors (Lipinski definition) is 4. The molecule has 1 aliphatic heterocycles. The molecule has 2 unspecified atom stereocenters. The van der Waals surface area contributed by atoms with Crippen LogP contribution in [0.1, 0.15) is 58.3 Å². The third kappa shape index (κ3) is 3.97. The van der Waals surface area contributed by atoms with Crippen LogP contribution in [0.2, 0.25) is 0 Å². The Labute approximate surface area is 152 Å². The summed E-state index contributed by atoms with van der Waals surface area (Å²) in [6, 6.07) is 0. The molecule has 0 aromatic heterocycles. The van der Waals surface area contributed by atoms with E-state index in [1.807, 2.05) is 6.92 Å². The van der Waals surface area contributed by atoms with Crippen LogP contribution in [0.15, 0.2) is 4.99 Å². The van der Waals surface area contributed by atoms with Gasteiger partial charge in [0.25, 0.3) is 0 Å². The maximum atomic E-state index is 12.8. The van der Waals surface area contributed by atoms with Crippen LogP contribution >= 0.6 is 0 Å². The third-order valence-corrected chi connectivity index (χ3v) is 8.84. The lowest BCUT2D eigenvalue weighted by Crippen LogP contribution is -2.60. The fourth-order valence-corrected chi connectivity index (χ4v) is 6.83. The van der Waals surface area contributed by atoms with Crippen molar-refractivity contribution >= 4 is 15.8 Å². The number of aliphatic imine (C=N–C) groups is 1. The van der Waals surface area contributed by atoms with Gasteiger partial charge in [0.2, 0.25) is 0 Å². The van der Waals surface area contributed by atoms with Gasteiger partial charge in [-0.3, -0.25) is 4.99 Å². The van der Waals surface area contributed by atoms with Gasteiger partial charge in [-0.1, -0.05) is 25.7 Å². The van der Waals surface area contributed by atoms with E-state index in [2.05, 4.69) is 10.2 Å². The van der Waals surface area contributed by atoms with Gasteiger partial charge in [-0.15, -0.1) is 0 Å². The molecule has 2 atom stereocenters. The molecule has 0 aromatic carbocycles. The van der Waals surface area contributed by atoms with Crippen molar-refractivity contribution in [1.82, 2.24) is 10.2 Å². The lowest BCUT2D eigenvalue weighted by Gasteiger charge is -2.45. The van der Waals surface area contributed by atoms with Crippen LogP contribution in [0.3, 0.4) is 0 Å². The molecule has 0 radical (unpaired) electrons. The van der Waals surface area contributed by atoms with E-state index in [1.165, 1.54) is 0 Å². The number of nitrogens with zero attached hydrogens (tertiary/aromatic N) is 2. The number of sulfone groups is 1. The molecule has 3 fully saturated rings. The van der Waals surface area contributed by atoms with E-state index in [9.17, 15) is 13.5 Å². The van der Waals surface area contributed by atoms with E-state index in [0.717, 1.165) is 63.9 Å². The van der Waals surface area contributed by atoms with E-state index in [1.54, 1.807) is 0 Å². The highest BCUT2D eigenvalue weighted by molar-refractivity contribution is 7.92. The molecule has 1 heterocycles. The first-order valence-electron chi connectivity index (χ1n) is 9.91. The monoisotopic (exact) mass is 371 g/mol. The number of hydrogen-bond donors (Lipinski definition) is 2. The lowest BCUT2D eigenvalue weighted by molar-refractivity contribution is 0.136. The van der Waals surface area contributed by atoms with E-state index in [0.29, 0.717) is 19.6 Å². The van der Waals surface area contributed by atoms with Crippen molar-refractivity contribution in [2.75, 3.05) is 31.9 Å². The summed E-state index contributed by atoms with van der Waals surface area (Å²) in [7, 11) is -3.03. The van der Waals surface area contributed by atoms with Crippen LogP contribution in [0.5, 0.6) is 0 Å². The summed E-state index contributed by atoms with van der Waals surface area (Å²) >= 11 is 0. The zero-order valence-electron chi connectivity index (χ0n) is 15.4. The molecular formula is C18H33N3O3S. The fraction of sp³-hybridized carbons (Fsp3) is 0.944. The molecule has 6 nitrogen and oxygen atoms in total. The average molecular weight is 372 g/mol. The van der Waals surface area contributed by atoms with Crippen LogP contribution in [-0.4, -0.2) is 67.2 Å². The van der Waals surface area contributed by atoms with Crippen molar-refractivity contribution in [3.8, 4) is 0 Å². The Morgan fingerprint density at radius 1 is 1.24 bits per heavy atom. The molecule has 2 aliphatic carbocycles. The Morgan fingerprint density at radius 2 is 2.00 bits per heavy atom. The van der Waals surface area contributed by atoms with Crippen molar-refractivity contribution in [3.05, 3.63) is 0 Å². The third-order valence-electron chi connectivity index (χ3n) is 6.26. The summed E-state index contributed by atoms with van der Waals surface area (Å²) in [6.07, 6.45) is 7.47. The first-order valence-corrected chi connectivity index (χ1v) is 11.6. The molecule has 0 aromatic rings. The maximum Gasteiger partial charge on any atom is 0.194 e. The summed E-state index contributed by atoms with van der Waals surface area (Å²) in [5.41, 5.74) is 0. The molecule has 1 saturated heterocycles. The normalized spacial score (nSPS) is 32.1. The van der Waals surface area contributed by atoms with Gasteiger partial charge in [0.1, 0.15) is 0 Å². The van der Waals surface area contributed by atoms with E-state index in [4.69, 9.17) is 4.99 Å². The van der Waals surface area contributed by atoms with Gasteiger partial charge in [0.05, 0.1) is 16.6 Å². The first kappa shape index (κ1) is 19.0. The molecule has 3 rings (SSSR count). The quantitative estimate of drug-likeness (QED) is 0.581. The van der Waals surface area contributed by atoms with Crippen molar-refractivity contribution in [3.63, 3.8) is 0 Å². The van der Waals surface area contributed by atoms with Crippen molar-refractivity contribution in [2.24, 2.45) is 10.9 Å². The highest BCUT2D eigenvalue weighted by Crippen LogP contribution is 2.38. The predicted octanol–water partition coefficient (Wildman–Crippen LogP) is 1.55. The standard InChI is InChI=1S/C18H33N3O3S/c1-2-19-17(20-13-15-7-6-8-16(15)22)21-11-12-25(23,24)18(14-21)9-4-3-5-10-18/h15-16,22H,2-14H2,1H3,(H,19,20). The topological polar surface area (TPSA) is 82.0 Å².